The number of carbonyl (C=O) groups excluding carboxylic acids is 2. The van der Waals surface area contributed by atoms with Crippen molar-refractivity contribution in [3.8, 4) is 10.6 Å². The summed E-state index contributed by atoms with van der Waals surface area (Å²) in [6, 6.07) is 12.8. The van der Waals surface area contributed by atoms with E-state index in [2.05, 4.69) is 10.5 Å². The summed E-state index contributed by atoms with van der Waals surface area (Å²) in [6.45, 7) is 1.23. The fourth-order valence-corrected chi connectivity index (χ4v) is 3.33. The molecule has 1 saturated heterocycles. The normalized spacial score (nSPS) is 13.7. The molecule has 7 nitrogen and oxygen atoms in total. The summed E-state index contributed by atoms with van der Waals surface area (Å²) in [5.41, 5.74) is 1.85. The molecule has 0 spiro atoms. The Morgan fingerprint density at radius 3 is 2.96 bits per heavy atom. The lowest BCUT2D eigenvalue weighted by atomic mass is 10.2. The Morgan fingerprint density at radius 2 is 2.19 bits per heavy atom. The lowest BCUT2D eigenvalue weighted by Crippen LogP contribution is -2.25. The lowest BCUT2D eigenvalue weighted by molar-refractivity contribution is 0.0942. The molecular formula is C18H15N3O4S. The molecule has 8 heteroatoms. The van der Waals surface area contributed by atoms with Crippen LogP contribution in [0, 0.1) is 0 Å². The minimum Gasteiger partial charge on any atom is -0.447 e. The molecule has 132 valence electrons. The number of aromatic nitrogens is 1. The van der Waals surface area contributed by atoms with Gasteiger partial charge in [-0.2, -0.15) is 0 Å². The summed E-state index contributed by atoms with van der Waals surface area (Å²) < 4.78 is 10.2. The second-order valence-corrected chi connectivity index (χ2v) is 6.62. The maximum Gasteiger partial charge on any atom is 0.414 e. The number of nitrogens with zero attached hydrogens (tertiary/aromatic N) is 2. The van der Waals surface area contributed by atoms with Crippen LogP contribution >= 0.6 is 11.3 Å². The smallest absolute Gasteiger partial charge is 0.414 e. The molecule has 26 heavy (non-hydrogen) atoms. The zero-order valence-corrected chi connectivity index (χ0v) is 14.5. The first-order valence-electron chi connectivity index (χ1n) is 8.03. The SMILES string of the molecule is O=C(NCc1cccc(N2CCOC2=O)c1)c1cc(-c2cccs2)on1. The lowest BCUT2D eigenvalue weighted by Gasteiger charge is -2.14. The van der Waals surface area contributed by atoms with Gasteiger partial charge in [-0.25, -0.2) is 4.79 Å². The number of ether oxygens (including phenoxy) is 1. The van der Waals surface area contributed by atoms with E-state index in [1.807, 2.05) is 41.8 Å². The van der Waals surface area contributed by atoms with E-state index in [4.69, 9.17) is 9.26 Å². The molecular weight excluding hydrogens is 354 g/mol. The van der Waals surface area contributed by atoms with Crippen LogP contribution in [0.15, 0.2) is 52.4 Å². The number of hydrogen-bond acceptors (Lipinski definition) is 6. The Labute approximate surface area is 153 Å². The highest BCUT2D eigenvalue weighted by Gasteiger charge is 2.23. The minimum atomic E-state index is -0.352. The highest BCUT2D eigenvalue weighted by Crippen LogP contribution is 2.25. The van der Waals surface area contributed by atoms with Gasteiger partial charge in [-0.3, -0.25) is 9.69 Å². The monoisotopic (exact) mass is 369 g/mol. The van der Waals surface area contributed by atoms with Gasteiger partial charge in [0.05, 0.1) is 11.4 Å². The van der Waals surface area contributed by atoms with Crippen LogP contribution in [-0.4, -0.2) is 30.3 Å². The van der Waals surface area contributed by atoms with E-state index in [0.717, 1.165) is 16.1 Å². The second kappa shape index (κ2) is 7.01. The number of thiophene rings is 1. The Hall–Kier alpha value is -3.13. The Bertz CT molecular complexity index is 936. The van der Waals surface area contributed by atoms with Crippen LogP contribution in [0.3, 0.4) is 0 Å². The van der Waals surface area contributed by atoms with E-state index in [9.17, 15) is 9.59 Å². The number of cyclic esters (lactones) is 1. The molecule has 1 N–H and O–H groups in total. The van der Waals surface area contributed by atoms with Gasteiger partial charge in [0.15, 0.2) is 11.5 Å². The van der Waals surface area contributed by atoms with Crippen LogP contribution in [0.4, 0.5) is 10.5 Å². The quantitative estimate of drug-likeness (QED) is 0.746. The summed E-state index contributed by atoms with van der Waals surface area (Å²) in [4.78, 5) is 26.4. The molecule has 2 amide bonds. The highest BCUT2D eigenvalue weighted by atomic mass is 32.1. The molecule has 0 radical (unpaired) electrons. The van der Waals surface area contributed by atoms with E-state index in [1.165, 1.54) is 11.3 Å². The molecule has 1 aromatic carbocycles. The molecule has 4 rings (SSSR count). The second-order valence-electron chi connectivity index (χ2n) is 5.67. The summed E-state index contributed by atoms with van der Waals surface area (Å²) in [5, 5.41) is 8.57. The van der Waals surface area contributed by atoms with E-state index < -0.39 is 0 Å². The van der Waals surface area contributed by atoms with E-state index in [0.29, 0.717) is 25.5 Å². The predicted octanol–water partition coefficient (Wildman–Crippen LogP) is 3.29. The number of carbonyl (C=O) groups is 2. The first-order chi connectivity index (χ1) is 12.7. The fourth-order valence-electron chi connectivity index (χ4n) is 2.65. The van der Waals surface area contributed by atoms with Crippen molar-refractivity contribution in [1.82, 2.24) is 10.5 Å². The average molecular weight is 369 g/mol. The summed E-state index contributed by atoms with van der Waals surface area (Å²) in [5.74, 6) is 0.252. The zero-order valence-electron chi connectivity index (χ0n) is 13.7. The molecule has 2 aromatic heterocycles. The van der Waals surface area contributed by atoms with Gasteiger partial charge < -0.3 is 14.6 Å². The van der Waals surface area contributed by atoms with Crippen molar-refractivity contribution in [3.63, 3.8) is 0 Å². The van der Waals surface area contributed by atoms with Crippen LogP contribution in [0.5, 0.6) is 0 Å². The van der Waals surface area contributed by atoms with Crippen LogP contribution in [-0.2, 0) is 11.3 Å². The molecule has 0 bridgehead atoms. The van der Waals surface area contributed by atoms with Crippen LogP contribution < -0.4 is 10.2 Å². The third kappa shape index (κ3) is 3.31. The summed E-state index contributed by atoms with van der Waals surface area (Å²) >= 11 is 1.52. The first-order valence-corrected chi connectivity index (χ1v) is 8.91. The molecule has 1 fully saturated rings. The fraction of sp³-hybridized carbons (Fsp3) is 0.167. The zero-order chi connectivity index (χ0) is 17.9. The molecule has 1 aliphatic rings. The van der Waals surface area contributed by atoms with E-state index in [1.54, 1.807) is 11.0 Å². The Morgan fingerprint density at radius 1 is 1.27 bits per heavy atom. The van der Waals surface area contributed by atoms with Crippen molar-refractivity contribution >= 4 is 29.0 Å². The van der Waals surface area contributed by atoms with Crippen molar-refractivity contribution < 1.29 is 18.8 Å². The van der Waals surface area contributed by atoms with Gasteiger partial charge >= 0.3 is 6.09 Å². The van der Waals surface area contributed by atoms with Crippen molar-refractivity contribution in [1.29, 1.82) is 0 Å². The van der Waals surface area contributed by atoms with Gasteiger partial charge in [-0.1, -0.05) is 23.4 Å². The van der Waals surface area contributed by atoms with Crippen LogP contribution in [0.1, 0.15) is 16.1 Å². The minimum absolute atomic E-state index is 0.229. The van der Waals surface area contributed by atoms with Crippen molar-refractivity contribution in [3.05, 3.63) is 59.1 Å². The maximum atomic E-state index is 12.3. The van der Waals surface area contributed by atoms with Gasteiger partial charge in [-0.05, 0) is 29.1 Å². The molecule has 0 atom stereocenters. The van der Waals surface area contributed by atoms with Gasteiger partial charge in [0.1, 0.15) is 6.61 Å². The number of benzene rings is 1. The Balaban J connectivity index is 1.41. The number of rotatable bonds is 5. The van der Waals surface area contributed by atoms with Crippen LogP contribution in [0.2, 0.25) is 0 Å². The van der Waals surface area contributed by atoms with Gasteiger partial charge in [0.25, 0.3) is 5.91 Å². The third-order valence-corrected chi connectivity index (χ3v) is 4.83. The Kier molecular flexibility index (Phi) is 4.40. The average Bonchev–Trinajstić information content (AvgIpc) is 3.40. The highest BCUT2D eigenvalue weighted by molar-refractivity contribution is 7.13. The summed E-state index contributed by atoms with van der Waals surface area (Å²) in [7, 11) is 0. The van der Waals surface area contributed by atoms with Gasteiger partial charge in [-0.15, -0.1) is 11.3 Å². The largest absolute Gasteiger partial charge is 0.447 e. The number of nitrogens with one attached hydrogen (secondary N) is 1. The summed E-state index contributed by atoms with van der Waals surface area (Å²) in [6.07, 6.45) is -0.352. The molecule has 1 aliphatic heterocycles. The van der Waals surface area contributed by atoms with E-state index >= 15 is 0 Å². The predicted molar refractivity (Wildman–Crippen MR) is 96.1 cm³/mol. The topological polar surface area (TPSA) is 84.7 Å². The van der Waals surface area contributed by atoms with E-state index in [-0.39, 0.29) is 17.7 Å². The third-order valence-electron chi connectivity index (χ3n) is 3.94. The molecule has 0 saturated carbocycles. The van der Waals surface area contributed by atoms with Crippen molar-refractivity contribution in [2.75, 3.05) is 18.1 Å². The number of hydrogen-bond donors (Lipinski definition) is 1. The first kappa shape index (κ1) is 16.3. The molecule has 0 unspecified atom stereocenters. The number of amides is 2. The number of anilines is 1. The van der Waals surface area contributed by atoms with Crippen LogP contribution in [0.25, 0.3) is 10.6 Å². The maximum absolute atomic E-state index is 12.3. The van der Waals surface area contributed by atoms with Crippen molar-refractivity contribution in [2.45, 2.75) is 6.54 Å². The molecule has 0 aliphatic carbocycles. The molecule has 3 heterocycles. The van der Waals surface area contributed by atoms with Crippen molar-refractivity contribution in [2.24, 2.45) is 0 Å². The van der Waals surface area contributed by atoms with Gasteiger partial charge in [0, 0.05) is 18.3 Å². The van der Waals surface area contributed by atoms with Gasteiger partial charge in [0.2, 0.25) is 0 Å². The molecule has 3 aromatic rings. The standard InChI is InChI=1S/C18H15N3O4S/c22-17(14-10-15(25-20-14)16-5-2-8-26-16)19-11-12-3-1-4-13(9-12)21-6-7-24-18(21)23/h1-5,8-10H,6-7,11H2,(H,19,22).